The minimum atomic E-state index is -0.905. The van der Waals surface area contributed by atoms with Crippen LogP contribution in [0.3, 0.4) is 0 Å². The van der Waals surface area contributed by atoms with Gasteiger partial charge in [-0.2, -0.15) is 0 Å². The van der Waals surface area contributed by atoms with Gasteiger partial charge in [-0.15, -0.1) is 0 Å². The van der Waals surface area contributed by atoms with E-state index in [1.165, 1.54) is 11.1 Å². The van der Waals surface area contributed by atoms with Gasteiger partial charge in [0.15, 0.2) is 0 Å². The first-order valence-electron chi connectivity index (χ1n) is 8.31. The van der Waals surface area contributed by atoms with Crippen LogP contribution in [0, 0.1) is 6.92 Å². The SMILES string of the molecule is Cc1ccccc1[C@H]1CCCN1C(=O)c1cccc(C[S@@](C)=O)c1. The summed E-state index contributed by atoms with van der Waals surface area (Å²) in [5.74, 6) is 0.562. The van der Waals surface area contributed by atoms with Crippen LogP contribution in [-0.4, -0.2) is 27.8 Å². The fourth-order valence-electron chi connectivity index (χ4n) is 3.49. The van der Waals surface area contributed by atoms with Crippen molar-refractivity contribution >= 4 is 16.7 Å². The van der Waals surface area contributed by atoms with E-state index in [2.05, 4.69) is 19.1 Å². The highest BCUT2D eigenvalue weighted by Gasteiger charge is 2.31. The van der Waals surface area contributed by atoms with Crippen LogP contribution in [0.25, 0.3) is 0 Å². The molecule has 1 heterocycles. The lowest BCUT2D eigenvalue weighted by atomic mass is 9.99. The molecule has 3 rings (SSSR count). The first kappa shape index (κ1) is 16.9. The molecule has 24 heavy (non-hydrogen) atoms. The van der Waals surface area contributed by atoms with E-state index in [1.807, 2.05) is 41.3 Å². The lowest BCUT2D eigenvalue weighted by molar-refractivity contribution is 0.0735. The third-order valence-corrected chi connectivity index (χ3v) is 5.34. The number of benzene rings is 2. The van der Waals surface area contributed by atoms with Crippen molar-refractivity contribution in [2.45, 2.75) is 31.6 Å². The van der Waals surface area contributed by atoms with Gasteiger partial charge in [0.1, 0.15) is 0 Å². The predicted octanol–water partition coefficient (Wildman–Crippen LogP) is 3.85. The van der Waals surface area contributed by atoms with Gasteiger partial charge >= 0.3 is 0 Å². The van der Waals surface area contributed by atoms with Crippen LogP contribution in [0.2, 0.25) is 0 Å². The Labute approximate surface area is 146 Å². The third kappa shape index (κ3) is 3.59. The second kappa shape index (κ2) is 7.31. The minimum absolute atomic E-state index is 0.0736. The van der Waals surface area contributed by atoms with Crippen LogP contribution in [0.4, 0.5) is 0 Å². The maximum Gasteiger partial charge on any atom is 0.254 e. The molecule has 1 amide bonds. The van der Waals surface area contributed by atoms with Gasteiger partial charge in [-0.3, -0.25) is 9.00 Å². The first-order valence-corrected chi connectivity index (χ1v) is 10.0. The molecule has 1 fully saturated rings. The highest BCUT2D eigenvalue weighted by atomic mass is 32.2. The zero-order valence-corrected chi connectivity index (χ0v) is 15.0. The fraction of sp³-hybridized carbons (Fsp3) is 0.350. The molecule has 2 aromatic carbocycles. The van der Waals surface area contributed by atoms with Gasteiger partial charge in [0.05, 0.1) is 6.04 Å². The predicted molar refractivity (Wildman–Crippen MR) is 98.4 cm³/mol. The number of carbonyl (C=O) groups excluding carboxylic acids is 1. The van der Waals surface area contributed by atoms with Gasteiger partial charge < -0.3 is 4.90 Å². The van der Waals surface area contributed by atoms with Gasteiger partial charge in [0.2, 0.25) is 0 Å². The lowest BCUT2D eigenvalue weighted by Crippen LogP contribution is -2.31. The second-order valence-corrected chi connectivity index (χ2v) is 7.87. The monoisotopic (exact) mass is 341 g/mol. The van der Waals surface area contributed by atoms with Crippen LogP contribution >= 0.6 is 0 Å². The van der Waals surface area contributed by atoms with Crippen molar-refractivity contribution in [3.8, 4) is 0 Å². The molecule has 4 heteroatoms. The van der Waals surface area contributed by atoms with E-state index in [1.54, 1.807) is 6.26 Å². The standard InChI is InChI=1S/C20H23NO2S/c1-15-7-3-4-10-18(15)19-11-6-12-21(19)20(22)17-9-5-8-16(13-17)14-24(2)23/h3-5,7-10,13,19H,6,11-12,14H2,1-2H3/t19-,24-/m1/s1. The van der Waals surface area contributed by atoms with Gasteiger partial charge in [-0.25, -0.2) is 0 Å². The smallest absolute Gasteiger partial charge is 0.254 e. The highest BCUT2D eigenvalue weighted by Crippen LogP contribution is 2.34. The van der Waals surface area contributed by atoms with Gasteiger partial charge in [-0.1, -0.05) is 36.4 Å². The number of hydrogen-bond acceptors (Lipinski definition) is 2. The summed E-state index contributed by atoms with van der Waals surface area (Å²) in [6.07, 6.45) is 3.72. The van der Waals surface area contributed by atoms with Crippen LogP contribution in [0.5, 0.6) is 0 Å². The Bertz CT molecular complexity index is 772. The summed E-state index contributed by atoms with van der Waals surface area (Å²) < 4.78 is 11.4. The van der Waals surface area contributed by atoms with Crippen LogP contribution in [0.15, 0.2) is 48.5 Å². The number of carbonyl (C=O) groups is 1. The Kier molecular flexibility index (Phi) is 5.14. The van der Waals surface area contributed by atoms with Crippen LogP contribution < -0.4 is 0 Å². The summed E-state index contributed by atoms with van der Waals surface area (Å²) in [5, 5.41) is 0. The molecule has 0 aromatic heterocycles. The second-order valence-electron chi connectivity index (χ2n) is 6.43. The van der Waals surface area contributed by atoms with Crippen molar-refractivity contribution in [1.82, 2.24) is 4.90 Å². The largest absolute Gasteiger partial charge is 0.332 e. The minimum Gasteiger partial charge on any atom is -0.332 e. The number of rotatable bonds is 4. The first-order chi connectivity index (χ1) is 11.6. The molecule has 1 saturated heterocycles. The molecule has 1 aliphatic rings. The summed E-state index contributed by atoms with van der Waals surface area (Å²) in [4.78, 5) is 15.0. The zero-order valence-electron chi connectivity index (χ0n) is 14.2. The molecule has 3 nitrogen and oxygen atoms in total. The molecule has 0 radical (unpaired) electrons. The number of hydrogen-bond donors (Lipinski definition) is 0. The average Bonchev–Trinajstić information content (AvgIpc) is 3.03. The normalized spacial score (nSPS) is 18.6. The summed E-state index contributed by atoms with van der Waals surface area (Å²) in [6, 6.07) is 16.0. The summed E-state index contributed by atoms with van der Waals surface area (Å²) in [6.45, 7) is 2.90. The molecule has 0 spiro atoms. The topological polar surface area (TPSA) is 37.4 Å². The van der Waals surface area contributed by atoms with E-state index in [4.69, 9.17) is 0 Å². The van der Waals surface area contributed by atoms with Crippen molar-refractivity contribution in [3.05, 3.63) is 70.8 Å². The van der Waals surface area contributed by atoms with E-state index in [0.29, 0.717) is 11.3 Å². The average molecular weight is 341 g/mol. The Morgan fingerprint density at radius 3 is 2.75 bits per heavy atom. The molecule has 2 atom stereocenters. The van der Waals surface area contributed by atoms with Crippen molar-refractivity contribution in [2.75, 3.05) is 12.8 Å². The van der Waals surface area contributed by atoms with E-state index < -0.39 is 10.8 Å². The summed E-state index contributed by atoms with van der Waals surface area (Å²) in [7, 11) is -0.905. The number of amides is 1. The summed E-state index contributed by atoms with van der Waals surface area (Å²) >= 11 is 0. The molecule has 0 aliphatic carbocycles. The maximum absolute atomic E-state index is 13.0. The fourth-order valence-corrected chi connectivity index (χ4v) is 4.14. The Morgan fingerprint density at radius 1 is 1.21 bits per heavy atom. The van der Waals surface area contributed by atoms with E-state index in [0.717, 1.165) is 24.9 Å². The van der Waals surface area contributed by atoms with Gasteiger partial charge in [-0.05, 0) is 48.6 Å². The third-order valence-electron chi connectivity index (χ3n) is 4.60. The number of likely N-dealkylation sites (tertiary alicyclic amines) is 1. The molecule has 0 unspecified atom stereocenters. The molecule has 1 aliphatic heterocycles. The zero-order chi connectivity index (χ0) is 17.1. The van der Waals surface area contributed by atoms with Crippen molar-refractivity contribution < 1.29 is 9.00 Å². The molecule has 0 N–H and O–H groups in total. The maximum atomic E-state index is 13.0. The Balaban J connectivity index is 1.86. The Hall–Kier alpha value is -1.94. The lowest BCUT2D eigenvalue weighted by Gasteiger charge is -2.26. The van der Waals surface area contributed by atoms with Gasteiger partial charge in [0, 0.05) is 34.9 Å². The van der Waals surface area contributed by atoms with Gasteiger partial charge in [0.25, 0.3) is 5.91 Å². The van der Waals surface area contributed by atoms with Crippen molar-refractivity contribution in [1.29, 1.82) is 0 Å². The molecule has 2 aromatic rings. The Morgan fingerprint density at radius 2 is 2.00 bits per heavy atom. The van der Waals surface area contributed by atoms with E-state index >= 15 is 0 Å². The number of nitrogens with zero attached hydrogens (tertiary/aromatic N) is 1. The molecule has 0 saturated carbocycles. The van der Waals surface area contributed by atoms with Crippen LogP contribution in [-0.2, 0) is 16.6 Å². The molecule has 0 bridgehead atoms. The molecular weight excluding hydrogens is 318 g/mol. The molecule has 126 valence electrons. The van der Waals surface area contributed by atoms with Crippen molar-refractivity contribution in [2.24, 2.45) is 0 Å². The molecular formula is C20H23NO2S. The highest BCUT2D eigenvalue weighted by molar-refractivity contribution is 7.83. The van der Waals surface area contributed by atoms with E-state index in [9.17, 15) is 9.00 Å². The van der Waals surface area contributed by atoms with Crippen molar-refractivity contribution in [3.63, 3.8) is 0 Å². The summed E-state index contributed by atoms with van der Waals surface area (Å²) in [5.41, 5.74) is 4.12. The number of aryl methyl sites for hydroxylation is 1. The van der Waals surface area contributed by atoms with E-state index in [-0.39, 0.29) is 11.9 Å². The quantitative estimate of drug-likeness (QED) is 0.847. The van der Waals surface area contributed by atoms with Crippen LogP contribution in [0.1, 0.15) is 45.9 Å².